The molecule has 5 heteroatoms. The Kier molecular flexibility index (Phi) is 3.80. The minimum atomic E-state index is -0.299. The minimum Gasteiger partial charge on any atom is -0.306 e. The molecule has 1 aliphatic rings. The van der Waals surface area contributed by atoms with E-state index in [-0.39, 0.29) is 16.8 Å². The Morgan fingerprint density at radius 3 is 2.64 bits per heavy atom. The third-order valence-electron chi connectivity index (χ3n) is 5.26. The van der Waals surface area contributed by atoms with Crippen LogP contribution >= 0.6 is 11.3 Å². The molecule has 0 aliphatic heterocycles. The number of aromatic nitrogens is 2. The third kappa shape index (κ3) is 2.91. The van der Waals surface area contributed by atoms with Crippen molar-refractivity contribution in [1.29, 1.82) is 0 Å². The van der Waals surface area contributed by atoms with E-state index in [0.717, 1.165) is 35.0 Å². The highest BCUT2D eigenvalue weighted by Gasteiger charge is 2.31. The number of aryl methyl sites for hydroxylation is 1. The van der Waals surface area contributed by atoms with Gasteiger partial charge in [-0.3, -0.25) is 4.79 Å². The highest BCUT2D eigenvalue weighted by atomic mass is 32.1. The third-order valence-corrected chi connectivity index (χ3v) is 6.41. The summed E-state index contributed by atoms with van der Waals surface area (Å²) < 4.78 is 13.1. The minimum absolute atomic E-state index is 0.0870. The van der Waals surface area contributed by atoms with Gasteiger partial charge in [-0.25, -0.2) is 9.37 Å². The van der Waals surface area contributed by atoms with Crippen molar-refractivity contribution in [1.82, 2.24) is 9.97 Å². The molecular formula is C20H21FN2OS. The molecule has 2 aromatic heterocycles. The van der Waals surface area contributed by atoms with Crippen LogP contribution in [0.5, 0.6) is 0 Å². The molecule has 1 N–H and O–H groups in total. The summed E-state index contributed by atoms with van der Waals surface area (Å²) in [5.74, 6) is 0.833. The van der Waals surface area contributed by atoms with Crippen LogP contribution < -0.4 is 5.56 Å². The van der Waals surface area contributed by atoms with Gasteiger partial charge < -0.3 is 4.98 Å². The highest BCUT2D eigenvalue weighted by molar-refractivity contribution is 7.18. The van der Waals surface area contributed by atoms with Crippen LogP contribution in [-0.4, -0.2) is 9.97 Å². The molecule has 130 valence electrons. The zero-order valence-corrected chi connectivity index (χ0v) is 15.5. The number of aromatic amines is 1. The van der Waals surface area contributed by atoms with Gasteiger partial charge in [-0.1, -0.05) is 20.8 Å². The molecule has 1 aliphatic carbocycles. The summed E-state index contributed by atoms with van der Waals surface area (Å²) >= 11 is 1.64. The summed E-state index contributed by atoms with van der Waals surface area (Å²) in [6.45, 7) is 6.86. The van der Waals surface area contributed by atoms with Gasteiger partial charge >= 0.3 is 0 Å². The molecule has 3 aromatic rings. The molecule has 0 spiro atoms. The molecule has 1 unspecified atom stereocenters. The van der Waals surface area contributed by atoms with Gasteiger partial charge in [0.25, 0.3) is 5.56 Å². The van der Waals surface area contributed by atoms with Gasteiger partial charge in [0.1, 0.15) is 16.5 Å². The number of hydrogen-bond donors (Lipinski definition) is 1. The van der Waals surface area contributed by atoms with Gasteiger partial charge in [0, 0.05) is 10.4 Å². The normalized spacial score (nSPS) is 17.7. The zero-order valence-electron chi connectivity index (χ0n) is 14.6. The summed E-state index contributed by atoms with van der Waals surface area (Å²) in [4.78, 5) is 22.3. The van der Waals surface area contributed by atoms with E-state index in [1.165, 1.54) is 22.6 Å². The largest absolute Gasteiger partial charge is 0.306 e. The van der Waals surface area contributed by atoms with Gasteiger partial charge in [0.15, 0.2) is 0 Å². The molecule has 0 saturated heterocycles. The molecule has 0 amide bonds. The lowest BCUT2D eigenvalue weighted by molar-refractivity contribution is 0.218. The van der Waals surface area contributed by atoms with Crippen LogP contribution in [0.15, 0.2) is 29.1 Å². The predicted octanol–water partition coefficient (Wildman–Crippen LogP) is 4.94. The van der Waals surface area contributed by atoms with Gasteiger partial charge in [-0.15, -0.1) is 11.3 Å². The van der Waals surface area contributed by atoms with Gasteiger partial charge in [0.05, 0.1) is 5.39 Å². The Labute approximate surface area is 149 Å². The molecule has 25 heavy (non-hydrogen) atoms. The topological polar surface area (TPSA) is 45.8 Å². The van der Waals surface area contributed by atoms with Crippen LogP contribution in [0.4, 0.5) is 4.39 Å². The van der Waals surface area contributed by atoms with Crippen molar-refractivity contribution in [2.45, 2.75) is 40.0 Å². The summed E-state index contributed by atoms with van der Waals surface area (Å²) in [6, 6.07) is 6.05. The van der Waals surface area contributed by atoms with Crippen molar-refractivity contribution in [2.24, 2.45) is 11.3 Å². The standard InChI is InChI=1S/C20H21FN2OS/c1-20(2,3)12-6-9-14-15(10-12)25-19-16(14)18(24)22-17(23-19)11-4-7-13(21)8-5-11/h4-5,7-8,12H,6,9-10H2,1-3H3,(H,22,23,24). The molecule has 0 radical (unpaired) electrons. The Hall–Kier alpha value is -2.01. The maximum absolute atomic E-state index is 13.1. The van der Waals surface area contributed by atoms with E-state index in [9.17, 15) is 9.18 Å². The summed E-state index contributed by atoms with van der Waals surface area (Å²) in [6.07, 6.45) is 3.07. The van der Waals surface area contributed by atoms with Crippen molar-refractivity contribution >= 4 is 21.6 Å². The Morgan fingerprint density at radius 1 is 1.24 bits per heavy atom. The number of benzene rings is 1. The summed E-state index contributed by atoms with van der Waals surface area (Å²) in [5.41, 5.74) is 2.09. The Morgan fingerprint density at radius 2 is 1.96 bits per heavy atom. The average Bonchev–Trinajstić information content (AvgIpc) is 2.92. The molecule has 0 bridgehead atoms. The Bertz CT molecular complexity index is 995. The van der Waals surface area contributed by atoms with Crippen molar-refractivity contribution in [3.05, 3.63) is 50.9 Å². The molecule has 4 rings (SSSR count). The number of halogens is 1. The molecule has 3 nitrogen and oxygen atoms in total. The number of thiophene rings is 1. The van der Waals surface area contributed by atoms with Crippen LogP contribution in [0, 0.1) is 17.2 Å². The van der Waals surface area contributed by atoms with Gasteiger partial charge in [0.2, 0.25) is 0 Å². The lowest BCUT2D eigenvalue weighted by Crippen LogP contribution is -2.26. The number of nitrogens with one attached hydrogen (secondary N) is 1. The van der Waals surface area contributed by atoms with E-state index in [0.29, 0.717) is 11.7 Å². The van der Waals surface area contributed by atoms with Crippen molar-refractivity contribution < 1.29 is 4.39 Å². The van der Waals surface area contributed by atoms with Crippen LogP contribution in [0.2, 0.25) is 0 Å². The second-order valence-electron chi connectivity index (χ2n) is 7.91. The van der Waals surface area contributed by atoms with Crippen LogP contribution in [0.25, 0.3) is 21.6 Å². The first-order valence-corrected chi connectivity index (χ1v) is 9.45. The second kappa shape index (κ2) is 5.77. The van der Waals surface area contributed by atoms with Crippen LogP contribution in [-0.2, 0) is 12.8 Å². The van der Waals surface area contributed by atoms with E-state index >= 15 is 0 Å². The summed E-state index contributed by atoms with van der Waals surface area (Å²) in [5, 5.41) is 0.748. The first-order valence-electron chi connectivity index (χ1n) is 8.63. The zero-order chi connectivity index (χ0) is 17.8. The fourth-order valence-electron chi connectivity index (χ4n) is 3.67. The molecule has 1 atom stereocenters. The van der Waals surface area contributed by atoms with Gasteiger partial charge in [-0.05, 0) is 60.4 Å². The number of H-pyrrole nitrogens is 1. The van der Waals surface area contributed by atoms with E-state index in [1.54, 1.807) is 23.5 Å². The van der Waals surface area contributed by atoms with Crippen molar-refractivity contribution in [3.63, 3.8) is 0 Å². The molecular weight excluding hydrogens is 335 g/mol. The molecule has 1 aromatic carbocycles. The van der Waals surface area contributed by atoms with E-state index < -0.39 is 0 Å². The predicted molar refractivity (Wildman–Crippen MR) is 101 cm³/mol. The lowest BCUT2D eigenvalue weighted by atomic mass is 9.72. The monoisotopic (exact) mass is 356 g/mol. The van der Waals surface area contributed by atoms with Crippen LogP contribution in [0.3, 0.4) is 0 Å². The quantitative estimate of drug-likeness (QED) is 0.671. The Balaban J connectivity index is 1.81. The smallest absolute Gasteiger partial charge is 0.260 e. The first kappa shape index (κ1) is 16.5. The highest BCUT2D eigenvalue weighted by Crippen LogP contribution is 2.42. The number of rotatable bonds is 1. The fraction of sp³-hybridized carbons (Fsp3) is 0.400. The number of fused-ring (bicyclic) bond motifs is 3. The molecule has 0 fully saturated rings. The lowest BCUT2D eigenvalue weighted by Gasteiger charge is -2.33. The first-order chi connectivity index (χ1) is 11.8. The number of nitrogens with zero attached hydrogens (tertiary/aromatic N) is 1. The molecule has 2 heterocycles. The SMILES string of the molecule is CC(C)(C)C1CCc2c(sc3nc(-c4ccc(F)cc4)[nH]c(=O)c23)C1. The maximum Gasteiger partial charge on any atom is 0.260 e. The van der Waals surface area contributed by atoms with E-state index in [2.05, 4.69) is 30.7 Å². The van der Waals surface area contributed by atoms with Crippen molar-refractivity contribution in [2.75, 3.05) is 0 Å². The van der Waals surface area contributed by atoms with Gasteiger partial charge in [-0.2, -0.15) is 0 Å². The van der Waals surface area contributed by atoms with E-state index in [4.69, 9.17) is 0 Å². The maximum atomic E-state index is 13.1. The van der Waals surface area contributed by atoms with Crippen LogP contribution in [0.1, 0.15) is 37.6 Å². The summed E-state index contributed by atoms with van der Waals surface area (Å²) in [7, 11) is 0. The molecule has 0 saturated carbocycles. The van der Waals surface area contributed by atoms with Crippen molar-refractivity contribution in [3.8, 4) is 11.4 Å². The average molecular weight is 356 g/mol. The second-order valence-corrected chi connectivity index (χ2v) is 8.99. The fourth-order valence-corrected chi connectivity index (χ4v) is 4.97. The van der Waals surface area contributed by atoms with E-state index in [1.807, 2.05) is 0 Å². The number of hydrogen-bond acceptors (Lipinski definition) is 3.